The van der Waals surface area contributed by atoms with Gasteiger partial charge in [-0.25, -0.2) is 0 Å². The molecule has 0 heterocycles. The van der Waals surface area contributed by atoms with Crippen molar-refractivity contribution in [3.05, 3.63) is 34.3 Å². The van der Waals surface area contributed by atoms with Gasteiger partial charge in [0.25, 0.3) is 0 Å². The number of hydrogen-bond acceptors (Lipinski definition) is 2. The molecule has 2 nitrogen and oxygen atoms in total. The number of benzene rings is 1. The molecule has 88 valence electrons. The Balaban J connectivity index is 2.74. The summed E-state index contributed by atoms with van der Waals surface area (Å²) < 4.78 is 12.4. The second-order valence-corrected chi connectivity index (χ2v) is 7.65. The maximum absolute atomic E-state index is 11.8. The van der Waals surface area contributed by atoms with E-state index in [2.05, 4.69) is 15.9 Å². The zero-order chi connectivity index (χ0) is 12.3. The Bertz CT molecular complexity index is 404. The molecule has 0 N–H and O–H groups in total. The van der Waals surface area contributed by atoms with Gasteiger partial charge in [0.2, 0.25) is 0 Å². The molecule has 0 aliphatic rings. The number of carbonyl (C=O) groups is 1. The molecule has 0 radical (unpaired) electrons. The Morgan fingerprint density at radius 1 is 1.25 bits per heavy atom. The SMILES string of the molecule is CC(C)(C)S(=O)CC(=O)c1ccc(Br)cc1. The largest absolute Gasteiger partial charge is 0.293 e. The Morgan fingerprint density at radius 2 is 1.75 bits per heavy atom. The lowest BCUT2D eigenvalue weighted by Crippen LogP contribution is -2.27. The van der Waals surface area contributed by atoms with Gasteiger partial charge in [0, 0.05) is 25.6 Å². The van der Waals surface area contributed by atoms with Gasteiger partial charge in [0.1, 0.15) is 0 Å². The topological polar surface area (TPSA) is 34.1 Å². The van der Waals surface area contributed by atoms with Crippen LogP contribution in [0.2, 0.25) is 0 Å². The first-order valence-corrected chi connectivity index (χ1v) is 7.09. The Hall–Kier alpha value is -0.480. The summed E-state index contributed by atoms with van der Waals surface area (Å²) in [6.45, 7) is 5.62. The van der Waals surface area contributed by atoms with Gasteiger partial charge in [-0.1, -0.05) is 28.1 Å². The molecule has 4 heteroatoms. The van der Waals surface area contributed by atoms with Crippen LogP contribution in [0.1, 0.15) is 31.1 Å². The van der Waals surface area contributed by atoms with Gasteiger partial charge in [-0.05, 0) is 32.9 Å². The van der Waals surface area contributed by atoms with Gasteiger partial charge in [-0.3, -0.25) is 9.00 Å². The summed E-state index contributed by atoms with van der Waals surface area (Å²) in [6.07, 6.45) is 0. The van der Waals surface area contributed by atoms with E-state index in [-0.39, 0.29) is 16.3 Å². The van der Waals surface area contributed by atoms with Crippen LogP contribution in [-0.4, -0.2) is 20.5 Å². The fraction of sp³-hybridized carbons (Fsp3) is 0.417. The summed E-state index contributed by atoms with van der Waals surface area (Å²) in [5.74, 6) is 0.0197. The van der Waals surface area contributed by atoms with Crippen LogP contribution in [-0.2, 0) is 10.8 Å². The van der Waals surface area contributed by atoms with Gasteiger partial charge in [-0.2, -0.15) is 0 Å². The highest BCUT2D eigenvalue weighted by molar-refractivity contribution is 9.10. The lowest BCUT2D eigenvalue weighted by molar-refractivity contribution is 0.102. The normalized spacial score (nSPS) is 13.5. The van der Waals surface area contributed by atoms with Crippen molar-refractivity contribution in [2.45, 2.75) is 25.5 Å². The number of Topliss-reactive ketones (excluding diaryl/α,β-unsaturated/α-hetero) is 1. The lowest BCUT2D eigenvalue weighted by atomic mass is 10.2. The monoisotopic (exact) mass is 302 g/mol. The summed E-state index contributed by atoms with van der Waals surface area (Å²) >= 11 is 3.31. The molecule has 1 rings (SSSR count). The molecule has 0 spiro atoms. The molecule has 0 fully saturated rings. The van der Waals surface area contributed by atoms with Crippen LogP contribution in [0.4, 0.5) is 0 Å². The predicted molar refractivity (Wildman–Crippen MR) is 71.2 cm³/mol. The maximum Gasteiger partial charge on any atom is 0.175 e. The lowest BCUT2D eigenvalue weighted by Gasteiger charge is -2.16. The molecule has 1 atom stereocenters. The molecular weight excluding hydrogens is 288 g/mol. The van der Waals surface area contributed by atoms with Gasteiger partial charge >= 0.3 is 0 Å². The quantitative estimate of drug-likeness (QED) is 0.804. The molecule has 0 saturated carbocycles. The first kappa shape index (κ1) is 13.6. The predicted octanol–water partition coefficient (Wildman–Crippen LogP) is 3.18. The highest BCUT2D eigenvalue weighted by Crippen LogP contribution is 2.15. The Morgan fingerprint density at radius 3 is 2.19 bits per heavy atom. The van der Waals surface area contributed by atoms with Crippen LogP contribution in [0, 0.1) is 0 Å². The number of hydrogen-bond donors (Lipinski definition) is 0. The van der Waals surface area contributed by atoms with Crippen LogP contribution >= 0.6 is 15.9 Å². The van der Waals surface area contributed by atoms with Gasteiger partial charge in [0.05, 0.1) is 5.75 Å². The van der Waals surface area contributed by atoms with Crippen molar-refractivity contribution in [3.63, 3.8) is 0 Å². The summed E-state index contributed by atoms with van der Waals surface area (Å²) in [6, 6.07) is 7.11. The Labute approximate surface area is 107 Å². The first-order chi connectivity index (χ1) is 7.30. The highest BCUT2D eigenvalue weighted by atomic mass is 79.9. The molecule has 0 aliphatic heterocycles. The summed E-state index contributed by atoms with van der Waals surface area (Å²) in [4.78, 5) is 11.8. The van der Waals surface area contributed by atoms with Crippen LogP contribution in [0.3, 0.4) is 0 Å². The number of halogens is 1. The van der Waals surface area contributed by atoms with Crippen LogP contribution in [0.25, 0.3) is 0 Å². The van der Waals surface area contributed by atoms with Crippen molar-refractivity contribution >= 4 is 32.5 Å². The van der Waals surface area contributed by atoms with Crippen LogP contribution in [0.15, 0.2) is 28.7 Å². The zero-order valence-corrected chi connectivity index (χ0v) is 12.0. The van der Waals surface area contributed by atoms with E-state index >= 15 is 0 Å². The number of rotatable bonds is 3. The van der Waals surface area contributed by atoms with Crippen molar-refractivity contribution in [2.24, 2.45) is 0 Å². The van der Waals surface area contributed by atoms with Gasteiger partial charge in [0.15, 0.2) is 5.78 Å². The zero-order valence-electron chi connectivity index (χ0n) is 9.62. The molecule has 0 aliphatic carbocycles. The van der Waals surface area contributed by atoms with E-state index in [1.54, 1.807) is 12.1 Å². The summed E-state index contributed by atoms with van der Waals surface area (Å²) in [5.41, 5.74) is 0.612. The minimum Gasteiger partial charge on any atom is -0.293 e. The third kappa shape index (κ3) is 3.83. The fourth-order valence-electron chi connectivity index (χ4n) is 1.05. The third-order valence-electron chi connectivity index (χ3n) is 2.11. The minimum atomic E-state index is -1.13. The molecule has 1 aromatic rings. The van der Waals surface area contributed by atoms with E-state index in [0.29, 0.717) is 5.56 Å². The van der Waals surface area contributed by atoms with Crippen molar-refractivity contribution in [3.8, 4) is 0 Å². The maximum atomic E-state index is 11.8. The smallest absolute Gasteiger partial charge is 0.175 e. The van der Waals surface area contributed by atoms with E-state index < -0.39 is 10.8 Å². The molecule has 1 unspecified atom stereocenters. The molecule has 0 saturated heterocycles. The van der Waals surface area contributed by atoms with Crippen molar-refractivity contribution < 1.29 is 9.00 Å². The molecule has 0 aromatic heterocycles. The summed E-state index contributed by atoms with van der Waals surface area (Å²) in [7, 11) is -1.13. The number of carbonyl (C=O) groups excluding carboxylic acids is 1. The van der Waals surface area contributed by atoms with Crippen molar-refractivity contribution in [1.82, 2.24) is 0 Å². The third-order valence-corrected chi connectivity index (χ3v) is 4.53. The minimum absolute atomic E-state index is 0.0687. The van der Waals surface area contributed by atoms with E-state index in [1.807, 2.05) is 32.9 Å². The van der Waals surface area contributed by atoms with Gasteiger partial charge in [-0.15, -0.1) is 0 Å². The second kappa shape index (κ2) is 5.23. The summed E-state index contributed by atoms with van der Waals surface area (Å²) in [5, 5.41) is 0. The van der Waals surface area contributed by atoms with Crippen LogP contribution < -0.4 is 0 Å². The van der Waals surface area contributed by atoms with Crippen molar-refractivity contribution in [2.75, 3.05) is 5.75 Å². The second-order valence-electron chi connectivity index (χ2n) is 4.53. The average Bonchev–Trinajstić information content (AvgIpc) is 2.17. The average molecular weight is 303 g/mol. The molecule has 0 amide bonds. The standard InChI is InChI=1S/C12H15BrO2S/c1-12(2,3)16(15)8-11(14)9-4-6-10(13)7-5-9/h4-7H,8H2,1-3H3. The van der Waals surface area contributed by atoms with E-state index in [9.17, 15) is 9.00 Å². The van der Waals surface area contributed by atoms with E-state index in [0.717, 1.165) is 4.47 Å². The molecule has 0 bridgehead atoms. The van der Waals surface area contributed by atoms with Gasteiger partial charge < -0.3 is 0 Å². The first-order valence-electron chi connectivity index (χ1n) is 4.98. The van der Waals surface area contributed by atoms with Crippen LogP contribution in [0.5, 0.6) is 0 Å². The highest BCUT2D eigenvalue weighted by Gasteiger charge is 2.22. The van der Waals surface area contributed by atoms with E-state index in [4.69, 9.17) is 0 Å². The molecule has 1 aromatic carbocycles. The van der Waals surface area contributed by atoms with Crippen molar-refractivity contribution in [1.29, 1.82) is 0 Å². The van der Waals surface area contributed by atoms with E-state index in [1.165, 1.54) is 0 Å². The number of ketones is 1. The molecular formula is C12H15BrO2S. The molecule has 16 heavy (non-hydrogen) atoms. The fourth-order valence-corrected chi connectivity index (χ4v) is 2.16. The Kier molecular flexibility index (Phi) is 4.44.